The molecule has 6 nitrogen and oxygen atoms in total. The van der Waals surface area contributed by atoms with Gasteiger partial charge in [-0.25, -0.2) is 4.79 Å². The number of anilines is 1. The number of carbonyl (C=O) groups is 2. The van der Waals surface area contributed by atoms with E-state index in [2.05, 4.69) is 26.2 Å². The largest absolute Gasteiger partial charge is 0.366 e. The molecular weight excluding hydrogens is 360 g/mol. The number of hydrogen-bond donors (Lipinski definition) is 3. The minimum atomic E-state index is -0.479. The molecule has 1 aromatic heterocycles. The van der Waals surface area contributed by atoms with Crippen LogP contribution in [0.25, 0.3) is 21.8 Å². The topological polar surface area (TPSA) is 91.2 Å². The zero-order chi connectivity index (χ0) is 16.1. The summed E-state index contributed by atoms with van der Waals surface area (Å²) in [6, 6.07) is 9.18. The first kappa shape index (κ1) is 14.1. The number of aromatic amines is 1. The molecule has 1 saturated heterocycles. The van der Waals surface area contributed by atoms with Crippen molar-refractivity contribution in [1.82, 2.24) is 10.3 Å². The van der Waals surface area contributed by atoms with Crippen LogP contribution < -0.4 is 16.0 Å². The van der Waals surface area contributed by atoms with E-state index in [0.29, 0.717) is 24.2 Å². The van der Waals surface area contributed by atoms with Gasteiger partial charge < -0.3 is 16.0 Å². The maximum atomic E-state index is 11.8. The summed E-state index contributed by atoms with van der Waals surface area (Å²) in [4.78, 5) is 28.4. The monoisotopic (exact) mass is 372 g/mol. The second-order valence-corrected chi connectivity index (χ2v) is 6.30. The summed E-state index contributed by atoms with van der Waals surface area (Å²) in [6.45, 7) is 1.28. The average Bonchev–Trinajstić information content (AvgIpc) is 3.10. The minimum absolute atomic E-state index is 0.0977. The Labute approximate surface area is 139 Å². The van der Waals surface area contributed by atoms with Gasteiger partial charge in [-0.15, -0.1) is 0 Å². The lowest BCUT2D eigenvalue weighted by molar-refractivity contribution is 0.100. The van der Waals surface area contributed by atoms with Crippen molar-refractivity contribution in [3.63, 3.8) is 0 Å². The normalized spacial score (nSPS) is 14.7. The molecule has 0 bridgehead atoms. The molecule has 3 amide bonds. The number of aromatic nitrogens is 1. The van der Waals surface area contributed by atoms with Gasteiger partial charge in [-0.3, -0.25) is 9.69 Å². The van der Waals surface area contributed by atoms with Gasteiger partial charge in [0.25, 0.3) is 5.91 Å². The maximum absolute atomic E-state index is 11.8. The molecular formula is C16H13BrN4O2. The number of halogens is 1. The molecule has 0 radical (unpaired) electrons. The number of primary amides is 1. The van der Waals surface area contributed by atoms with E-state index in [1.165, 1.54) is 0 Å². The Bertz CT molecular complexity index is 979. The van der Waals surface area contributed by atoms with Gasteiger partial charge in [0.05, 0.1) is 11.1 Å². The number of nitrogens with two attached hydrogens (primary N) is 1. The third kappa shape index (κ3) is 2.08. The molecule has 0 atom stereocenters. The Morgan fingerprint density at radius 2 is 2.09 bits per heavy atom. The van der Waals surface area contributed by atoms with Gasteiger partial charge in [0.2, 0.25) is 0 Å². The van der Waals surface area contributed by atoms with Crippen molar-refractivity contribution in [3.05, 3.63) is 40.4 Å². The standard InChI is InChI=1S/C16H13BrN4O2/c17-11-4-3-10(15(18)22)14-13(11)9-2-1-8(7-12(9)20-14)21-6-5-19-16(21)23/h1-4,7,20H,5-6H2,(H2,18,22)(H,19,23). The van der Waals surface area contributed by atoms with Crippen molar-refractivity contribution in [2.24, 2.45) is 5.73 Å². The molecule has 1 aliphatic rings. The van der Waals surface area contributed by atoms with Crippen molar-refractivity contribution < 1.29 is 9.59 Å². The molecule has 4 rings (SSSR count). The number of benzene rings is 2. The van der Waals surface area contributed by atoms with Gasteiger partial charge in [0.15, 0.2) is 0 Å². The molecule has 1 fully saturated rings. The number of hydrogen-bond acceptors (Lipinski definition) is 2. The van der Waals surface area contributed by atoms with Crippen molar-refractivity contribution in [1.29, 1.82) is 0 Å². The zero-order valence-corrected chi connectivity index (χ0v) is 13.6. The first-order valence-electron chi connectivity index (χ1n) is 7.15. The smallest absolute Gasteiger partial charge is 0.321 e. The fourth-order valence-electron chi connectivity index (χ4n) is 3.05. The third-order valence-corrected chi connectivity index (χ3v) is 4.78. The molecule has 7 heteroatoms. The lowest BCUT2D eigenvalue weighted by Gasteiger charge is -2.13. The summed E-state index contributed by atoms with van der Waals surface area (Å²) in [7, 11) is 0. The second kappa shape index (κ2) is 4.99. The molecule has 0 unspecified atom stereocenters. The number of H-pyrrole nitrogens is 1. The summed E-state index contributed by atoms with van der Waals surface area (Å²) >= 11 is 3.53. The van der Waals surface area contributed by atoms with Crippen molar-refractivity contribution in [2.45, 2.75) is 0 Å². The van der Waals surface area contributed by atoms with Gasteiger partial charge in [-0.1, -0.05) is 22.0 Å². The van der Waals surface area contributed by atoms with Crippen LogP contribution in [0.3, 0.4) is 0 Å². The number of nitrogens with one attached hydrogen (secondary N) is 2. The Balaban J connectivity index is 1.98. The van der Waals surface area contributed by atoms with Crippen molar-refractivity contribution in [2.75, 3.05) is 18.0 Å². The van der Waals surface area contributed by atoms with Crippen LogP contribution in [0.1, 0.15) is 10.4 Å². The first-order chi connectivity index (χ1) is 11.1. The summed E-state index contributed by atoms with van der Waals surface area (Å²) in [5.74, 6) is -0.479. The molecule has 0 aliphatic carbocycles. The van der Waals surface area contributed by atoms with Crippen molar-refractivity contribution >= 4 is 55.4 Å². The number of rotatable bonds is 2. The fourth-order valence-corrected chi connectivity index (χ4v) is 3.59. The zero-order valence-electron chi connectivity index (χ0n) is 12.0. The van der Waals surface area contributed by atoms with Crippen LogP contribution in [0.15, 0.2) is 34.8 Å². The first-order valence-corrected chi connectivity index (χ1v) is 7.94. The Morgan fingerprint density at radius 3 is 2.78 bits per heavy atom. The Hall–Kier alpha value is -2.54. The Morgan fingerprint density at radius 1 is 1.26 bits per heavy atom. The van der Waals surface area contributed by atoms with Crippen LogP contribution in [0.2, 0.25) is 0 Å². The molecule has 0 saturated carbocycles. The van der Waals surface area contributed by atoms with Crippen LogP contribution in [-0.2, 0) is 0 Å². The number of carbonyl (C=O) groups excluding carboxylic acids is 2. The molecule has 3 aromatic rings. The summed E-state index contributed by atoms with van der Waals surface area (Å²) in [6.07, 6.45) is 0. The van der Waals surface area contributed by atoms with Gasteiger partial charge in [-0.05, 0) is 24.3 Å². The quantitative estimate of drug-likeness (QED) is 0.645. The molecule has 2 heterocycles. The molecule has 1 aliphatic heterocycles. The van der Waals surface area contributed by atoms with E-state index in [1.807, 2.05) is 24.3 Å². The van der Waals surface area contributed by atoms with E-state index in [9.17, 15) is 9.59 Å². The van der Waals surface area contributed by atoms with E-state index in [4.69, 9.17) is 5.73 Å². The molecule has 2 aromatic carbocycles. The summed E-state index contributed by atoms with van der Waals surface area (Å²) in [5.41, 5.74) is 8.28. The second-order valence-electron chi connectivity index (χ2n) is 5.45. The maximum Gasteiger partial charge on any atom is 0.321 e. The number of urea groups is 1. The SMILES string of the molecule is NC(=O)c1ccc(Br)c2c1[nH]c1cc(N3CCNC3=O)ccc12. The van der Waals surface area contributed by atoms with Gasteiger partial charge in [0.1, 0.15) is 0 Å². The highest BCUT2D eigenvalue weighted by molar-refractivity contribution is 9.10. The number of nitrogens with zero attached hydrogens (tertiary/aromatic N) is 1. The minimum Gasteiger partial charge on any atom is -0.366 e. The molecule has 23 heavy (non-hydrogen) atoms. The van der Waals surface area contributed by atoms with Gasteiger partial charge in [0, 0.05) is 39.5 Å². The van der Waals surface area contributed by atoms with Gasteiger partial charge in [-0.2, -0.15) is 0 Å². The van der Waals surface area contributed by atoms with E-state index < -0.39 is 5.91 Å². The summed E-state index contributed by atoms with van der Waals surface area (Å²) in [5, 5.41) is 4.67. The van der Waals surface area contributed by atoms with Crippen molar-refractivity contribution in [3.8, 4) is 0 Å². The van der Waals surface area contributed by atoms with E-state index in [-0.39, 0.29) is 6.03 Å². The van der Waals surface area contributed by atoms with Crippen LogP contribution in [0.5, 0.6) is 0 Å². The number of fused-ring (bicyclic) bond motifs is 3. The average molecular weight is 373 g/mol. The van der Waals surface area contributed by atoms with Crippen LogP contribution in [-0.4, -0.2) is 30.0 Å². The fraction of sp³-hybridized carbons (Fsp3) is 0.125. The van der Waals surface area contributed by atoms with Crippen LogP contribution in [0.4, 0.5) is 10.5 Å². The third-order valence-electron chi connectivity index (χ3n) is 4.12. The van der Waals surface area contributed by atoms with Gasteiger partial charge >= 0.3 is 6.03 Å². The van der Waals surface area contributed by atoms with E-state index >= 15 is 0 Å². The lowest BCUT2D eigenvalue weighted by Crippen LogP contribution is -2.27. The Kier molecular flexibility index (Phi) is 3.05. The predicted octanol–water partition coefficient (Wildman–Crippen LogP) is 2.71. The highest BCUT2D eigenvalue weighted by Crippen LogP contribution is 2.35. The summed E-state index contributed by atoms with van der Waals surface area (Å²) < 4.78 is 0.885. The highest BCUT2D eigenvalue weighted by Gasteiger charge is 2.22. The predicted molar refractivity (Wildman–Crippen MR) is 92.8 cm³/mol. The van der Waals surface area contributed by atoms with Crippen LogP contribution >= 0.6 is 15.9 Å². The number of amides is 3. The molecule has 116 valence electrons. The lowest BCUT2D eigenvalue weighted by atomic mass is 10.1. The highest BCUT2D eigenvalue weighted by atomic mass is 79.9. The van der Waals surface area contributed by atoms with E-state index in [0.717, 1.165) is 26.4 Å². The van der Waals surface area contributed by atoms with E-state index in [1.54, 1.807) is 11.0 Å². The van der Waals surface area contributed by atoms with Crippen LogP contribution in [0, 0.1) is 0 Å². The molecule has 4 N–H and O–H groups in total. The molecule has 0 spiro atoms.